The van der Waals surface area contributed by atoms with Gasteiger partial charge < -0.3 is 11.1 Å². The van der Waals surface area contributed by atoms with Crippen LogP contribution < -0.4 is 21.6 Å². The Balaban J connectivity index is 1.67. The summed E-state index contributed by atoms with van der Waals surface area (Å²) in [5.41, 5.74) is 10.5. The molecule has 0 bridgehead atoms. The van der Waals surface area contributed by atoms with Crippen molar-refractivity contribution in [1.29, 1.82) is 5.41 Å². The summed E-state index contributed by atoms with van der Waals surface area (Å²) in [5.74, 6) is 0.392. The molecule has 1 aromatic heterocycles. The van der Waals surface area contributed by atoms with Crippen LogP contribution in [0.25, 0.3) is 11.1 Å². The van der Waals surface area contributed by atoms with E-state index in [1.54, 1.807) is 67.7 Å². The van der Waals surface area contributed by atoms with E-state index in [-0.39, 0.29) is 29.4 Å². The molecule has 4 aromatic rings. The van der Waals surface area contributed by atoms with Crippen LogP contribution in [0.5, 0.6) is 0 Å². The molecule has 1 heterocycles. The standard InChI is InChI=1S/C24H26N10O3S/c1-33-21(29-31-32-33)13-14-34(30-18-10-5-9-17(15-18)23(25)26)24(35)28-20-12-6-11-19(22(20)38(27,36)37)16-7-3-2-4-8-16/h2-12,15,30H,13-14H2,1H3,(H3,25,26)(H,28,35)(H2,27,36,37). The lowest BCUT2D eigenvalue weighted by Crippen LogP contribution is -2.41. The number of nitrogens with zero attached hydrogens (tertiary/aromatic N) is 5. The summed E-state index contributed by atoms with van der Waals surface area (Å²) >= 11 is 0. The number of nitrogens with two attached hydrogens (primary N) is 2. The number of hydrazine groups is 1. The number of aryl methyl sites for hydroxylation is 1. The number of rotatable bonds is 9. The summed E-state index contributed by atoms with van der Waals surface area (Å²) in [6, 6.07) is 19.6. The van der Waals surface area contributed by atoms with E-state index in [1.807, 2.05) is 6.07 Å². The van der Waals surface area contributed by atoms with Crippen LogP contribution in [0.2, 0.25) is 0 Å². The summed E-state index contributed by atoms with van der Waals surface area (Å²) in [6.45, 7) is 0.105. The average molecular weight is 535 g/mol. The highest BCUT2D eigenvalue weighted by atomic mass is 32.2. The Hall–Kier alpha value is -4.82. The average Bonchev–Trinajstić information content (AvgIpc) is 3.30. The number of anilines is 2. The molecule has 2 amide bonds. The van der Waals surface area contributed by atoms with Crippen LogP contribution in [0.1, 0.15) is 11.4 Å². The number of hydrogen-bond donors (Lipinski definition) is 5. The van der Waals surface area contributed by atoms with Gasteiger partial charge in [-0.2, -0.15) is 0 Å². The number of nitrogens with one attached hydrogen (secondary N) is 3. The lowest BCUT2D eigenvalue weighted by Gasteiger charge is -2.25. The van der Waals surface area contributed by atoms with Crippen molar-refractivity contribution in [3.63, 3.8) is 0 Å². The number of benzene rings is 3. The monoisotopic (exact) mass is 534 g/mol. The summed E-state index contributed by atoms with van der Waals surface area (Å²) in [6.07, 6.45) is 0.280. The molecule has 0 radical (unpaired) electrons. The van der Waals surface area contributed by atoms with E-state index in [4.69, 9.17) is 16.3 Å². The number of hydrogen-bond acceptors (Lipinski definition) is 8. The number of carbonyl (C=O) groups excluding carboxylic acids is 1. The van der Waals surface area contributed by atoms with E-state index in [0.717, 1.165) is 0 Å². The summed E-state index contributed by atoms with van der Waals surface area (Å²) in [4.78, 5) is 13.3. The normalized spacial score (nSPS) is 11.1. The number of tetrazole rings is 1. The third kappa shape index (κ3) is 6.11. The Kier molecular flexibility index (Phi) is 7.64. The van der Waals surface area contributed by atoms with Crippen LogP contribution in [-0.2, 0) is 23.5 Å². The fourth-order valence-electron chi connectivity index (χ4n) is 3.76. The van der Waals surface area contributed by atoms with Gasteiger partial charge >= 0.3 is 6.03 Å². The highest BCUT2D eigenvalue weighted by molar-refractivity contribution is 7.89. The second-order valence-electron chi connectivity index (χ2n) is 8.25. The first kappa shape index (κ1) is 26.2. The highest BCUT2D eigenvalue weighted by Crippen LogP contribution is 2.32. The molecule has 0 aliphatic carbocycles. The van der Waals surface area contributed by atoms with Gasteiger partial charge in [-0.15, -0.1) is 5.10 Å². The number of nitrogen functional groups attached to an aromatic ring is 1. The number of amides is 2. The van der Waals surface area contributed by atoms with Gasteiger partial charge in [0, 0.05) is 24.6 Å². The lowest BCUT2D eigenvalue weighted by molar-refractivity contribution is 0.222. The molecule has 13 nitrogen and oxygen atoms in total. The minimum absolute atomic E-state index is 0.0171. The Morgan fingerprint density at radius 1 is 1.08 bits per heavy atom. The van der Waals surface area contributed by atoms with E-state index < -0.39 is 16.1 Å². The zero-order chi connectivity index (χ0) is 27.3. The molecule has 0 unspecified atom stereocenters. The van der Waals surface area contributed by atoms with Crippen molar-refractivity contribution >= 4 is 33.3 Å². The van der Waals surface area contributed by atoms with E-state index >= 15 is 0 Å². The Labute approximate surface area is 219 Å². The predicted octanol–water partition coefficient (Wildman–Crippen LogP) is 1.91. The zero-order valence-electron chi connectivity index (χ0n) is 20.4. The predicted molar refractivity (Wildman–Crippen MR) is 143 cm³/mol. The van der Waals surface area contributed by atoms with Crippen molar-refractivity contribution in [2.75, 3.05) is 17.3 Å². The molecule has 0 aliphatic heterocycles. The zero-order valence-corrected chi connectivity index (χ0v) is 21.2. The maximum Gasteiger partial charge on any atom is 0.340 e. The number of amidine groups is 1. The molecule has 14 heteroatoms. The molecule has 0 saturated carbocycles. The Bertz CT molecular complexity index is 1570. The quantitative estimate of drug-likeness (QED) is 0.122. The molecule has 0 saturated heterocycles. The molecule has 38 heavy (non-hydrogen) atoms. The van der Waals surface area contributed by atoms with Gasteiger partial charge in [0.2, 0.25) is 10.0 Å². The number of aromatic nitrogens is 4. The first-order valence-electron chi connectivity index (χ1n) is 11.4. The van der Waals surface area contributed by atoms with Crippen LogP contribution in [0.4, 0.5) is 16.2 Å². The topological polar surface area (TPSA) is 198 Å². The molecule has 4 rings (SSSR count). The molecule has 0 atom stereocenters. The molecular weight excluding hydrogens is 508 g/mol. The van der Waals surface area contributed by atoms with E-state index in [2.05, 4.69) is 26.3 Å². The number of carbonyl (C=O) groups is 1. The molecular formula is C24H26N10O3S. The van der Waals surface area contributed by atoms with Gasteiger partial charge in [-0.05, 0) is 34.2 Å². The van der Waals surface area contributed by atoms with Crippen LogP contribution in [0.3, 0.4) is 0 Å². The molecule has 0 spiro atoms. The fourth-order valence-corrected chi connectivity index (χ4v) is 4.68. The van der Waals surface area contributed by atoms with Gasteiger partial charge in [-0.25, -0.2) is 28.0 Å². The molecule has 196 valence electrons. The first-order chi connectivity index (χ1) is 18.1. The smallest absolute Gasteiger partial charge is 0.340 e. The molecule has 7 N–H and O–H groups in total. The van der Waals surface area contributed by atoms with Gasteiger partial charge in [0.15, 0.2) is 5.82 Å². The van der Waals surface area contributed by atoms with Crippen molar-refractivity contribution in [2.45, 2.75) is 11.3 Å². The SMILES string of the molecule is Cn1nnnc1CCN(Nc1cccc(C(=N)N)c1)C(=O)Nc1cccc(-c2ccccc2)c1S(N)(=O)=O. The summed E-state index contributed by atoms with van der Waals surface area (Å²) in [7, 11) is -2.55. The fraction of sp³-hybridized carbons (Fsp3) is 0.125. The van der Waals surface area contributed by atoms with Gasteiger partial charge in [0.25, 0.3) is 0 Å². The second kappa shape index (κ2) is 11.1. The van der Waals surface area contributed by atoms with Crippen LogP contribution in [0.15, 0.2) is 77.7 Å². The minimum atomic E-state index is -4.23. The van der Waals surface area contributed by atoms with E-state index in [0.29, 0.717) is 28.2 Å². The number of urea groups is 1. The Morgan fingerprint density at radius 2 is 1.82 bits per heavy atom. The lowest BCUT2D eigenvalue weighted by atomic mass is 10.1. The highest BCUT2D eigenvalue weighted by Gasteiger charge is 2.24. The van der Waals surface area contributed by atoms with Crippen LogP contribution >= 0.6 is 0 Å². The largest absolute Gasteiger partial charge is 0.384 e. The van der Waals surface area contributed by atoms with Gasteiger partial charge in [-0.1, -0.05) is 54.6 Å². The van der Waals surface area contributed by atoms with Crippen molar-refractivity contribution in [2.24, 2.45) is 17.9 Å². The maximum atomic E-state index is 13.5. The van der Waals surface area contributed by atoms with Crippen LogP contribution in [-0.4, -0.2) is 52.0 Å². The van der Waals surface area contributed by atoms with E-state index in [9.17, 15) is 13.2 Å². The summed E-state index contributed by atoms with van der Waals surface area (Å²) in [5, 5.41) is 28.5. The first-order valence-corrected chi connectivity index (χ1v) is 12.9. The Morgan fingerprint density at radius 3 is 2.47 bits per heavy atom. The minimum Gasteiger partial charge on any atom is -0.384 e. The number of primary sulfonamides is 1. The summed E-state index contributed by atoms with van der Waals surface area (Å²) < 4.78 is 26.8. The van der Waals surface area contributed by atoms with Crippen molar-refractivity contribution < 1.29 is 13.2 Å². The van der Waals surface area contributed by atoms with Gasteiger partial charge in [-0.3, -0.25) is 10.8 Å². The van der Waals surface area contributed by atoms with Crippen molar-refractivity contribution in [3.05, 3.63) is 84.2 Å². The molecule has 0 aliphatic rings. The third-order valence-electron chi connectivity index (χ3n) is 5.58. The van der Waals surface area contributed by atoms with Crippen molar-refractivity contribution in [3.8, 4) is 11.1 Å². The third-order valence-corrected chi connectivity index (χ3v) is 6.58. The van der Waals surface area contributed by atoms with Gasteiger partial charge in [0.1, 0.15) is 10.7 Å². The molecule has 0 fully saturated rings. The number of sulfonamides is 1. The van der Waals surface area contributed by atoms with Crippen LogP contribution in [0, 0.1) is 5.41 Å². The maximum absolute atomic E-state index is 13.5. The van der Waals surface area contributed by atoms with Gasteiger partial charge in [0.05, 0.1) is 17.9 Å². The second-order valence-corrected chi connectivity index (χ2v) is 9.75. The van der Waals surface area contributed by atoms with E-state index in [1.165, 1.54) is 15.8 Å². The molecule has 3 aromatic carbocycles. The van der Waals surface area contributed by atoms with Crippen molar-refractivity contribution in [1.82, 2.24) is 25.2 Å².